The van der Waals surface area contributed by atoms with E-state index in [2.05, 4.69) is 20.5 Å². The third-order valence-corrected chi connectivity index (χ3v) is 4.10. The molecule has 3 atom stereocenters. The lowest BCUT2D eigenvalue weighted by Gasteiger charge is -2.48. The molecule has 1 spiro atoms. The monoisotopic (exact) mass is 313 g/mol. The Bertz CT molecular complexity index is 570. The van der Waals surface area contributed by atoms with Gasteiger partial charge in [-0.15, -0.1) is 0 Å². The van der Waals surface area contributed by atoms with Crippen molar-refractivity contribution in [3.8, 4) is 0 Å². The van der Waals surface area contributed by atoms with Crippen molar-refractivity contribution >= 4 is 17.9 Å². The van der Waals surface area contributed by atoms with Gasteiger partial charge in [-0.05, 0) is 5.16 Å². The highest BCUT2D eigenvalue weighted by Gasteiger charge is 2.69. The van der Waals surface area contributed by atoms with Gasteiger partial charge in [0.05, 0.1) is 0 Å². The molecule has 0 aromatic rings. The summed E-state index contributed by atoms with van der Waals surface area (Å²) < 4.78 is 0. The first-order valence-electron chi connectivity index (χ1n) is 6.66. The van der Waals surface area contributed by atoms with Crippen LogP contribution >= 0.6 is 0 Å². The molecule has 3 aliphatic rings. The van der Waals surface area contributed by atoms with Crippen molar-refractivity contribution in [2.45, 2.75) is 30.0 Å². The van der Waals surface area contributed by atoms with Crippen LogP contribution < -0.4 is 28.3 Å². The Kier molecular flexibility index (Phi) is 2.97. The van der Waals surface area contributed by atoms with E-state index in [-0.39, 0.29) is 30.9 Å². The van der Waals surface area contributed by atoms with Crippen LogP contribution in [0.3, 0.4) is 0 Å². The predicted octanol–water partition coefficient (Wildman–Crippen LogP) is -4.74. The average Bonchev–Trinajstić information content (AvgIpc) is 2.88. The molecule has 0 unspecified atom stereocenters. The highest BCUT2D eigenvalue weighted by Crippen LogP contribution is 2.44. The molecule has 0 radical (unpaired) electrons. The third kappa shape index (κ3) is 1.80. The maximum absolute atomic E-state index is 10.4. The highest BCUT2D eigenvalue weighted by atomic mass is 16.6. The molecular formula is C10H19N9O3. The normalized spacial score (nSPS) is 34.9. The van der Waals surface area contributed by atoms with Crippen molar-refractivity contribution in [3.63, 3.8) is 0 Å². The summed E-state index contributed by atoms with van der Waals surface area (Å²) in [5.41, 5.74) is 20.7. The van der Waals surface area contributed by atoms with Gasteiger partial charge in [-0.25, -0.2) is 9.98 Å². The largest absolute Gasteiger partial charge is 0.390 e. The Morgan fingerprint density at radius 2 is 2.14 bits per heavy atom. The fraction of sp³-hybridized carbons (Fsp3) is 0.700. The van der Waals surface area contributed by atoms with E-state index in [0.717, 1.165) is 0 Å². The van der Waals surface area contributed by atoms with Crippen molar-refractivity contribution in [2.75, 3.05) is 13.2 Å². The maximum Gasteiger partial charge on any atom is 0.228 e. The smallest absolute Gasteiger partial charge is 0.228 e. The summed E-state index contributed by atoms with van der Waals surface area (Å²) in [4.78, 5) is 15.0. The minimum absolute atomic E-state index is 0.0482. The van der Waals surface area contributed by atoms with Crippen LogP contribution in [0.4, 0.5) is 0 Å². The zero-order valence-corrected chi connectivity index (χ0v) is 11.7. The standard InChI is InChI=1S/C10H19N9O3/c11-6(12)18-22-3-4-5-10(17-7(13)16-5)9(20,21)1-2-19(10)8(14)15-4/h4-5,20-21H,1-3H2,(H2,14,15)(H4,11,12,18)(H3,13,16,17)/t4-,5-,10-/m0/s1. The van der Waals surface area contributed by atoms with E-state index in [1.807, 2.05) is 0 Å². The van der Waals surface area contributed by atoms with E-state index >= 15 is 0 Å². The second-order valence-electron chi connectivity index (χ2n) is 5.44. The Balaban J connectivity index is 1.95. The highest BCUT2D eigenvalue weighted by molar-refractivity contribution is 5.87. The maximum atomic E-state index is 10.4. The van der Waals surface area contributed by atoms with Crippen LogP contribution in [0.2, 0.25) is 0 Å². The van der Waals surface area contributed by atoms with Crippen LogP contribution in [0, 0.1) is 0 Å². The Morgan fingerprint density at radius 1 is 1.41 bits per heavy atom. The summed E-state index contributed by atoms with van der Waals surface area (Å²) >= 11 is 0. The van der Waals surface area contributed by atoms with Gasteiger partial charge in [-0.1, -0.05) is 0 Å². The lowest BCUT2D eigenvalue weighted by atomic mass is 9.87. The number of nitrogens with one attached hydrogen (secondary N) is 1. The van der Waals surface area contributed by atoms with Crippen molar-refractivity contribution in [3.05, 3.63) is 0 Å². The molecule has 0 amide bonds. The van der Waals surface area contributed by atoms with Crippen LogP contribution in [-0.2, 0) is 4.84 Å². The fourth-order valence-electron chi connectivity index (χ4n) is 3.25. The molecule has 0 aromatic carbocycles. The molecule has 1 fully saturated rings. The van der Waals surface area contributed by atoms with Gasteiger partial charge >= 0.3 is 0 Å². The molecule has 12 heteroatoms. The molecule has 0 saturated carbocycles. The van der Waals surface area contributed by atoms with Gasteiger partial charge in [0.25, 0.3) is 0 Å². The van der Waals surface area contributed by atoms with Crippen LogP contribution in [0.25, 0.3) is 0 Å². The fourth-order valence-corrected chi connectivity index (χ4v) is 3.25. The van der Waals surface area contributed by atoms with E-state index in [1.54, 1.807) is 4.90 Å². The number of rotatable bonds is 3. The van der Waals surface area contributed by atoms with Gasteiger partial charge in [-0.2, -0.15) is 0 Å². The topological polar surface area (TPSA) is 206 Å². The number of aliphatic hydroxyl groups is 2. The van der Waals surface area contributed by atoms with Crippen molar-refractivity contribution in [2.24, 2.45) is 38.1 Å². The number of nitrogens with zero attached hydrogens (tertiary/aromatic N) is 4. The molecule has 3 aliphatic heterocycles. The molecule has 122 valence electrons. The van der Waals surface area contributed by atoms with Crippen molar-refractivity contribution in [1.82, 2.24) is 10.2 Å². The number of hydrogen-bond acceptors (Lipinski definition) is 10. The Hall–Kier alpha value is -2.47. The van der Waals surface area contributed by atoms with E-state index in [0.29, 0.717) is 6.54 Å². The predicted molar refractivity (Wildman–Crippen MR) is 76.9 cm³/mol. The van der Waals surface area contributed by atoms with Gasteiger partial charge < -0.3 is 48.2 Å². The summed E-state index contributed by atoms with van der Waals surface area (Å²) in [7, 11) is 0. The molecule has 1 saturated heterocycles. The second-order valence-corrected chi connectivity index (χ2v) is 5.44. The van der Waals surface area contributed by atoms with E-state index in [4.69, 9.17) is 27.8 Å². The first-order valence-corrected chi connectivity index (χ1v) is 6.66. The number of hydrogen-bond donors (Lipinski definition) is 7. The van der Waals surface area contributed by atoms with Gasteiger partial charge in [-0.3, -0.25) is 0 Å². The lowest BCUT2D eigenvalue weighted by Crippen LogP contribution is -2.76. The van der Waals surface area contributed by atoms with Crippen LogP contribution in [0.5, 0.6) is 0 Å². The number of guanidine groups is 3. The SMILES string of the molecule is NC(N)=NOC[C@@H]1N=C(N)N2CCC(O)(O)[C@@]23NC(N)=N[C@@H]13. The molecule has 0 bridgehead atoms. The first-order chi connectivity index (χ1) is 10.3. The first kappa shape index (κ1) is 14.5. The van der Waals surface area contributed by atoms with E-state index in [9.17, 15) is 10.2 Å². The molecule has 3 rings (SSSR count). The van der Waals surface area contributed by atoms with Gasteiger partial charge in [0.2, 0.25) is 11.7 Å². The Labute approximate surface area is 125 Å². The molecule has 22 heavy (non-hydrogen) atoms. The minimum Gasteiger partial charge on any atom is -0.390 e. The number of oxime groups is 1. The van der Waals surface area contributed by atoms with Gasteiger partial charge in [0, 0.05) is 13.0 Å². The molecule has 0 aromatic heterocycles. The van der Waals surface area contributed by atoms with Crippen LogP contribution in [0.1, 0.15) is 6.42 Å². The average molecular weight is 313 g/mol. The number of aliphatic imine (C=N–C) groups is 2. The lowest BCUT2D eigenvalue weighted by molar-refractivity contribution is -0.221. The third-order valence-electron chi connectivity index (χ3n) is 4.10. The summed E-state index contributed by atoms with van der Waals surface area (Å²) in [5, 5.41) is 27.1. The molecule has 12 nitrogen and oxygen atoms in total. The quantitative estimate of drug-likeness (QED) is 0.115. The van der Waals surface area contributed by atoms with Crippen LogP contribution in [-0.4, -0.2) is 69.7 Å². The van der Waals surface area contributed by atoms with E-state index < -0.39 is 23.5 Å². The van der Waals surface area contributed by atoms with E-state index in [1.165, 1.54) is 0 Å². The molecule has 11 N–H and O–H groups in total. The summed E-state index contributed by atoms with van der Waals surface area (Å²) in [6, 6.07) is -1.35. The molecule has 0 aliphatic carbocycles. The Morgan fingerprint density at radius 3 is 2.82 bits per heavy atom. The summed E-state index contributed by atoms with van der Waals surface area (Å²) in [6.07, 6.45) is 0.0665. The van der Waals surface area contributed by atoms with Crippen molar-refractivity contribution < 1.29 is 15.1 Å². The zero-order chi connectivity index (χ0) is 16.1. The second kappa shape index (κ2) is 4.51. The van der Waals surface area contributed by atoms with Gasteiger partial charge in [0.1, 0.15) is 18.7 Å². The summed E-state index contributed by atoms with van der Waals surface area (Å²) in [5.74, 6) is -2.12. The molecule has 3 heterocycles. The van der Waals surface area contributed by atoms with Gasteiger partial charge in [0.15, 0.2) is 17.6 Å². The van der Waals surface area contributed by atoms with Crippen molar-refractivity contribution in [1.29, 1.82) is 0 Å². The van der Waals surface area contributed by atoms with Crippen LogP contribution in [0.15, 0.2) is 15.1 Å². The number of nitrogens with two attached hydrogens (primary N) is 4. The summed E-state index contributed by atoms with van der Waals surface area (Å²) in [6.45, 7) is 0.253. The zero-order valence-electron chi connectivity index (χ0n) is 11.7. The molecular weight excluding hydrogens is 294 g/mol. The minimum atomic E-state index is -2.09.